The molecule has 2 aliphatic rings. The van der Waals surface area contributed by atoms with E-state index in [0.717, 1.165) is 24.2 Å². The third-order valence-corrected chi connectivity index (χ3v) is 6.93. The number of pyridine rings is 2. The maximum atomic E-state index is 5.72. The Morgan fingerprint density at radius 1 is 0.500 bits per heavy atom. The quantitative estimate of drug-likeness (QED) is 0.269. The molecule has 0 amide bonds. The average Bonchev–Trinajstić information content (AvgIpc) is 2.88. The number of nitrogens with zero attached hydrogens (tertiary/aromatic N) is 2. The van der Waals surface area contributed by atoms with E-state index in [9.17, 15) is 0 Å². The van der Waals surface area contributed by atoms with Gasteiger partial charge in [-0.25, -0.2) is 0 Å². The molecule has 2 aliphatic heterocycles. The van der Waals surface area contributed by atoms with Gasteiger partial charge in [0.2, 0.25) is 11.4 Å². The predicted molar refractivity (Wildman–Crippen MR) is 142 cm³/mol. The molecule has 6 rings (SSSR count). The molecule has 0 N–H and O–H groups in total. The fourth-order valence-corrected chi connectivity index (χ4v) is 5.03. The van der Waals surface area contributed by atoms with Gasteiger partial charge in [0.25, 0.3) is 0 Å². The molecule has 40 heavy (non-hydrogen) atoms. The van der Waals surface area contributed by atoms with E-state index in [2.05, 4.69) is 107 Å². The molecule has 0 radical (unpaired) electrons. The first kappa shape index (κ1) is 30.1. The SMILES string of the molecule is CC1(C)OC(Cc2ccc(-[n+]3ccc(-c4cc[n+](-c5ccc(CC6OC(C)(C)O6)cc5)cc4)cc3)cc2)O1.[Cl-].[Cl-]. The summed E-state index contributed by atoms with van der Waals surface area (Å²) in [6.07, 6.45) is 9.61. The van der Waals surface area contributed by atoms with E-state index in [1.165, 1.54) is 22.3 Å². The highest BCUT2D eigenvalue weighted by atomic mass is 35.5. The van der Waals surface area contributed by atoms with E-state index in [0.29, 0.717) is 0 Å². The molecule has 0 atom stereocenters. The van der Waals surface area contributed by atoms with Crippen LogP contribution in [0.3, 0.4) is 0 Å². The molecule has 0 aliphatic carbocycles. The van der Waals surface area contributed by atoms with Gasteiger partial charge in [-0.3, -0.25) is 0 Å². The number of hydrogen-bond donors (Lipinski definition) is 0. The maximum Gasteiger partial charge on any atom is 0.210 e. The second kappa shape index (κ2) is 12.0. The third kappa shape index (κ3) is 6.89. The van der Waals surface area contributed by atoms with E-state index >= 15 is 0 Å². The number of rotatable bonds is 7. The molecule has 4 aromatic rings. The molecule has 4 heterocycles. The van der Waals surface area contributed by atoms with Crippen LogP contribution in [0.5, 0.6) is 0 Å². The molecule has 0 unspecified atom stereocenters. The Balaban J connectivity index is 0.00000185. The summed E-state index contributed by atoms with van der Waals surface area (Å²) in [6, 6.07) is 25.6. The summed E-state index contributed by atoms with van der Waals surface area (Å²) in [4.78, 5) is 0. The first-order valence-corrected chi connectivity index (χ1v) is 13.1. The van der Waals surface area contributed by atoms with Crippen LogP contribution in [0.15, 0.2) is 97.6 Å². The molecular formula is C32H34Cl2N2O4. The van der Waals surface area contributed by atoms with Crippen molar-refractivity contribution in [2.45, 2.75) is 64.7 Å². The Labute approximate surface area is 248 Å². The third-order valence-electron chi connectivity index (χ3n) is 6.93. The first-order chi connectivity index (χ1) is 18.2. The Morgan fingerprint density at radius 3 is 1.07 bits per heavy atom. The Hall–Kier alpha value is -2.84. The van der Waals surface area contributed by atoms with E-state index in [-0.39, 0.29) is 37.4 Å². The minimum absolute atomic E-state index is 0. The van der Waals surface area contributed by atoms with Crippen LogP contribution in [0.25, 0.3) is 22.5 Å². The van der Waals surface area contributed by atoms with Crippen molar-refractivity contribution in [2.24, 2.45) is 0 Å². The van der Waals surface area contributed by atoms with Crippen molar-refractivity contribution < 1.29 is 52.9 Å². The summed E-state index contributed by atoms with van der Waals surface area (Å²) in [7, 11) is 0. The molecular weight excluding hydrogens is 547 g/mol. The molecule has 2 aromatic heterocycles. The van der Waals surface area contributed by atoms with Crippen molar-refractivity contribution in [3.63, 3.8) is 0 Å². The lowest BCUT2D eigenvalue weighted by Crippen LogP contribution is -3.00. The van der Waals surface area contributed by atoms with Crippen molar-refractivity contribution in [3.05, 3.63) is 109 Å². The lowest BCUT2D eigenvalue weighted by atomic mass is 10.1. The van der Waals surface area contributed by atoms with Gasteiger partial charge >= 0.3 is 0 Å². The highest BCUT2D eigenvalue weighted by Gasteiger charge is 2.38. The summed E-state index contributed by atoms with van der Waals surface area (Å²) in [6.45, 7) is 7.73. The minimum Gasteiger partial charge on any atom is -1.00 e. The standard InChI is InChI=1S/C32H34N2O4.2ClH/c1-31(2)35-29(36-31)21-23-5-9-27(10-6-23)33-17-13-25(14-18-33)26-15-19-34(20-16-26)28-11-7-24(8-12-28)22-30-37-32(3,4)38-30;;/h5-20,29-30H,21-22H2,1-4H3;2*1H/q+2;;/p-2. The van der Waals surface area contributed by atoms with Crippen LogP contribution in [0.1, 0.15) is 38.8 Å². The molecule has 0 spiro atoms. The molecule has 0 bridgehead atoms. The topological polar surface area (TPSA) is 44.7 Å². The van der Waals surface area contributed by atoms with E-state index < -0.39 is 11.6 Å². The van der Waals surface area contributed by atoms with Crippen LogP contribution < -0.4 is 33.9 Å². The number of ether oxygens (including phenoxy) is 4. The van der Waals surface area contributed by atoms with E-state index in [1.54, 1.807) is 0 Å². The van der Waals surface area contributed by atoms with Gasteiger partial charge in [0.05, 0.1) is 0 Å². The van der Waals surface area contributed by atoms with Gasteiger partial charge in [-0.2, -0.15) is 9.13 Å². The minimum atomic E-state index is -0.453. The molecule has 2 aromatic carbocycles. The highest BCUT2D eigenvalue weighted by molar-refractivity contribution is 5.61. The summed E-state index contributed by atoms with van der Waals surface area (Å²) < 4.78 is 27.1. The molecule has 2 saturated heterocycles. The zero-order chi connectivity index (χ0) is 26.3. The monoisotopic (exact) mass is 580 g/mol. The maximum absolute atomic E-state index is 5.72. The second-order valence-electron chi connectivity index (χ2n) is 10.9. The van der Waals surface area contributed by atoms with Gasteiger partial charge in [-0.05, 0) is 49.9 Å². The molecule has 8 heteroatoms. The van der Waals surface area contributed by atoms with E-state index in [4.69, 9.17) is 18.9 Å². The Bertz CT molecular complexity index is 1280. The Morgan fingerprint density at radius 2 is 0.800 bits per heavy atom. The van der Waals surface area contributed by atoms with Crippen LogP contribution >= 0.6 is 0 Å². The smallest absolute Gasteiger partial charge is 0.210 e. The fraction of sp³-hybridized carbons (Fsp3) is 0.312. The van der Waals surface area contributed by atoms with Crippen LogP contribution in [0.4, 0.5) is 0 Å². The predicted octanol–water partition coefficient (Wildman–Crippen LogP) is -0.782. The summed E-state index contributed by atoms with van der Waals surface area (Å²) in [5.74, 6) is -0.905. The van der Waals surface area contributed by atoms with Crippen molar-refractivity contribution in [3.8, 4) is 22.5 Å². The van der Waals surface area contributed by atoms with Gasteiger partial charge < -0.3 is 43.8 Å². The zero-order valence-corrected chi connectivity index (χ0v) is 24.6. The zero-order valence-electron chi connectivity index (χ0n) is 23.1. The van der Waals surface area contributed by atoms with Crippen LogP contribution in [0.2, 0.25) is 0 Å². The van der Waals surface area contributed by atoms with Crippen LogP contribution in [0, 0.1) is 0 Å². The number of benzene rings is 2. The van der Waals surface area contributed by atoms with Gasteiger partial charge in [0.15, 0.2) is 48.9 Å². The van der Waals surface area contributed by atoms with Gasteiger partial charge in [0, 0.05) is 61.4 Å². The van der Waals surface area contributed by atoms with Crippen molar-refractivity contribution in [2.75, 3.05) is 0 Å². The number of aromatic nitrogens is 2. The number of halogens is 2. The molecule has 210 valence electrons. The lowest BCUT2D eigenvalue weighted by Gasteiger charge is -2.42. The van der Waals surface area contributed by atoms with E-state index in [1.807, 2.05) is 27.7 Å². The fourth-order valence-electron chi connectivity index (χ4n) is 5.03. The van der Waals surface area contributed by atoms with Crippen molar-refractivity contribution in [1.82, 2.24) is 0 Å². The molecule has 2 fully saturated rings. The highest BCUT2D eigenvalue weighted by Crippen LogP contribution is 2.31. The number of hydrogen-bond acceptors (Lipinski definition) is 4. The average molecular weight is 582 g/mol. The molecule has 6 nitrogen and oxygen atoms in total. The van der Waals surface area contributed by atoms with Crippen molar-refractivity contribution >= 4 is 0 Å². The van der Waals surface area contributed by atoms with Crippen LogP contribution in [-0.2, 0) is 31.8 Å². The summed E-state index contributed by atoms with van der Waals surface area (Å²) >= 11 is 0. The normalized spacial score (nSPS) is 17.6. The van der Waals surface area contributed by atoms with Gasteiger partial charge in [-0.15, -0.1) is 0 Å². The van der Waals surface area contributed by atoms with Crippen molar-refractivity contribution in [1.29, 1.82) is 0 Å². The van der Waals surface area contributed by atoms with Crippen LogP contribution in [-0.4, -0.2) is 24.2 Å². The van der Waals surface area contributed by atoms with Gasteiger partial charge in [-0.1, -0.05) is 24.3 Å². The summed E-state index contributed by atoms with van der Waals surface area (Å²) in [5.41, 5.74) is 6.97. The second-order valence-corrected chi connectivity index (χ2v) is 10.9. The van der Waals surface area contributed by atoms with Gasteiger partial charge in [0.1, 0.15) is 0 Å². The summed E-state index contributed by atoms with van der Waals surface area (Å²) in [5, 5.41) is 0. The largest absolute Gasteiger partial charge is 1.00 e. The molecule has 0 saturated carbocycles. The Kier molecular flexibility index (Phi) is 9.00. The lowest BCUT2D eigenvalue weighted by molar-refractivity contribution is -0.596. The first-order valence-electron chi connectivity index (χ1n) is 13.1.